The fourth-order valence-electron chi connectivity index (χ4n) is 2.15. The molecule has 0 atom stereocenters. The van der Waals surface area contributed by atoms with Crippen molar-refractivity contribution in [1.82, 2.24) is 15.1 Å². The minimum Gasteiger partial charge on any atom is -0.332 e. The quantitative estimate of drug-likeness (QED) is 0.836. The Labute approximate surface area is 129 Å². The van der Waals surface area contributed by atoms with Gasteiger partial charge in [-0.05, 0) is 32.6 Å². The van der Waals surface area contributed by atoms with Gasteiger partial charge in [-0.15, -0.1) is 0 Å². The van der Waals surface area contributed by atoms with Gasteiger partial charge < -0.3 is 15.1 Å². The molecule has 5 nitrogen and oxygen atoms in total. The highest BCUT2D eigenvalue weighted by Crippen LogP contribution is 2.19. The average molecular weight is 297 g/mol. The molecule has 0 saturated carbocycles. The van der Waals surface area contributed by atoms with E-state index in [1.165, 1.54) is 0 Å². The predicted octanol–water partition coefficient (Wildman–Crippen LogP) is 1.48. The molecule has 2 amide bonds. The second kappa shape index (κ2) is 6.77. The first-order valence-corrected chi connectivity index (χ1v) is 7.78. The molecule has 0 spiro atoms. The number of nitrogens with zero attached hydrogens (tertiary/aromatic N) is 2. The lowest BCUT2D eigenvalue weighted by atomic mass is 9.92. The van der Waals surface area contributed by atoms with Crippen LogP contribution in [-0.4, -0.2) is 59.9 Å². The van der Waals surface area contributed by atoms with Crippen molar-refractivity contribution >= 4 is 11.8 Å². The van der Waals surface area contributed by atoms with Crippen LogP contribution in [0.4, 0.5) is 0 Å². The largest absolute Gasteiger partial charge is 0.332 e. The Morgan fingerprint density at radius 2 is 1.38 bits per heavy atom. The van der Waals surface area contributed by atoms with Crippen molar-refractivity contribution in [2.45, 2.75) is 53.5 Å². The van der Waals surface area contributed by atoms with Crippen molar-refractivity contribution in [3.05, 3.63) is 0 Å². The molecule has 0 bridgehead atoms. The molecule has 122 valence electrons. The molecule has 0 aromatic heterocycles. The first-order valence-electron chi connectivity index (χ1n) is 7.78. The number of amides is 2. The highest BCUT2D eigenvalue weighted by atomic mass is 16.2. The van der Waals surface area contributed by atoms with E-state index in [-0.39, 0.29) is 35.9 Å². The minimum atomic E-state index is 0.0294. The molecular formula is C16H31N3O2. The van der Waals surface area contributed by atoms with Crippen LogP contribution in [0.2, 0.25) is 0 Å². The highest BCUT2D eigenvalue weighted by Gasteiger charge is 2.30. The van der Waals surface area contributed by atoms with E-state index in [0.717, 1.165) is 6.42 Å². The molecule has 0 radical (unpaired) electrons. The number of hydrogen-bond donors (Lipinski definition) is 1. The molecule has 21 heavy (non-hydrogen) atoms. The zero-order chi connectivity index (χ0) is 16.3. The van der Waals surface area contributed by atoms with Crippen LogP contribution < -0.4 is 5.32 Å². The minimum absolute atomic E-state index is 0.0294. The fraction of sp³-hybridized carbons (Fsp3) is 0.875. The second-order valence-electron chi connectivity index (χ2n) is 8.12. The van der Waals surface area contributed by atoms with Crippen LogP contribution in [-0.2, 0) is 9.59 Å². The van der Waals surface area contributed by atoms with Gasteiger partial charge in [0.1, 0.15) is 0 Å². The number of carbonyl (C=O) groups is 2. The third-order valence-electron chi connectivity index (χ3n) is 3.53. The van der Waals surface area contributed by atoms with Crippen LogP contribution in [0, 0.1) is 5.41 Å². The van der Waals surface area contributed by atoms with Crippen molar-refractivity contribution in [2.24, 2.45) is 5.41 Å². The Kier molecular flexibility index (Phi) is 5.79. The number of hydrogen-bond acceptors (Lipinski definition) is 3. The second-order valence-corrected chi connectivity index (χ2v) is 8.12. The van der Waals surface area contributed by atoms with Crippen LogP contribution in [0.3, 0.4) is 0 Å². The van der Waals surface area contributed by atoms with Gasteiger partial charge in [0.05, 0.1) is 13.1 Å². The summed E-state index contributed by atoms with van der Waals surface area (Å²) in [6.45, 7) is 15.1. The van der Waals surface area contributed by atoms with Crippen LogP contribution in [0.1, 0.15) is 48.0 Å². The van der Waals surface area contributed by atoms with Gasteiger partial charge in [-0.3, -0.25) is 9.59 Å². The van der Waals surface area contributed by atoms with E-state index in [9.17, 15) is 9.59 Å². The van der Waals surface area contributed by atoms with Crippen LogP contribution in [0.15, 0.2) is 0 Å². The maximum Gasteiger partial charge on any atom is 0.242 e. The lowest BCUT2D eigenvalue weighted by Crippen LogP contribution is -2.55. The Bertz CT molecular complexity index is 380. The van der Waals surface area contributed by atoms with E-state index in [1.54, 1.807) is 9.80 Å². The summed E-state index contributed by atoms with van der Waals surface area (Å²) in [5, 5.41) is 3.34. The first kappa shape index (κ1) is 18.0. The summed E-state index contributed by atoms with van der Waals surface area (Å²) >= 11 is 0. The van der Waals surface area contributed by atoms with Gasteiger partial charge in [-0.2, -0.15) is 0 Å². The van der Waals surface area contributed by atoms with E-state index >= 15 is 0 Å². The van der Waals surface area contributed by atoms with E-state index in [1.807, 2.05) is 0 Å². The zero-order valence-electron chi connectivity index (χ0n) is 14.5. The summed E-state index contributed by atoms with van der Waals surface area (Å²) < 4.78 is 0. The molecule has 0 aliphatic carbocycles. The third kappa shape index (κ3) is 6.93. The number of nitrogens with one attached hydrogen (secondary N) is 1. The zero-order valence-corrected chi connectivity index (χ0v) is 14.5. The molecule has 1 heterocycles. The van der Waals surface area contributed by atoms with Crippen LogP contribution in [0.5, 0.6) is 0 Å². The summed E-state index contributed by atoms with van der Waals surface area (Å²) in [5.74, 6) is 0.119. The lowest BCUT2D eigenvalue weighted by Gasteiger charge is -2.35. The summed E-state index contributed by atoms with van der Waals surface area (Å²) in [6, 6.07) is 0. The summed E-state index contributed by atoms with van der Waals surface area (Å²) in [5.41, 5.74) is 0.207. The topological polar surface area (TPSA) is 52.7 Å². The maximum absolute atomic E-state index is 12.1. The molecule has 1 rings (SSSR count). The molecule has 0 aromatic rings. The SMILES string of the molecule is CC(C)(C)CCN1CC(=O)N(CCNC(C)(C)C)CC1=O. The van der Waals surface area contributed by atoms with Crippen LogP contribution in [0.25, 0.3) is 0 Å². The van der Waals surface area contributed by atoms with E-state index < -0.39 is 0 Å². The van der Waals surface area contributed by atoms with Gasteiger partial charge in [0.25, 0.3) is 0 Å². The van der Waals surface area contributed by atoms with Crippen molar-refractivity contribution in [1.29, 1.82) is 0 Å². The normalized spacial score (nSPS) is 17.6. The van der Waals surface area contributed by atoms with Gasteiger partial charge in [-0.25, -0.2) is 0 Å². The maximum atomic E-state index is 12.1. The number of piperazine rings is 1. The smallest absolute Gasteiger partial charge is 0.242 e. The Morgan fingerprint density at radius 1 is 0.905 bits per heavy atom. The van der Waals surface area contributed by atoms with Gasteiger partial charge >= 0.3 is 0 Å². The molecule has 0 aromatic carbocycles. The first-order chi connectivity index (χ1) is 9.48. The number of rotatable bonds is 5. The molecule has 1 aliphatic rings. The van der Waals surface area contributed by atoms with Crippen molar-refractivity contribution in [3.63, 3.8) is 0 Å². The van der Waals surface area contributed by atoms with Crippen molar-refractivity contribution in [3.8, 4) is 0 Å². The Hall–Kier alpha value is -1.10. The third-order valence-corrected chi connectivity index (χ3v) is 3.53. The standard InChI is InChI=1S/C16H31N3O2/c1-15(2,3)7-9-18-11-14(21)19(12-13(18)20)10-8-17-16(4,5)6/h17H,7-12H2,1-6H3. The fourth-order valence-corrected chi connectivity index (χ4v) is 2.15. The summed E-state index contributed by atoms with van der Waals surface area (Å²) in [4.78, 5) is 27.6. The molecule has 0 unspecified atom stereocenters. The summed E-state index contributed by atoms with van der Waals surface area (Å²) in [7, 11) is 0. The molecule has 1 saturated heterocycles. The highest BCUT2D eigenvalue weighted by molar-refractivity contribution is 5.92. The molecule has 1 N–H and O–H groups in total. The van der Waals surface area contributed by atoms with Gasteiger partial charge in [-0.1, -0.05) is 20.8 Å². The number of carbonyl (C=O) groups excluding carboxylic acids is 2. The molecule has 5 heteroatoms. The predicted molar refractivity (Wildman–Crippen MR) is 85.0 cm³/mol. The monoisotopic (exact) mass is 297 g/mol. The van der Waals surface area contributed by atoms with E-state index in [4.69, 9.17) is 0 Å². The van der Waals surface area contributed by atoms with Gasteiger partial charge in [0, 0.05) is 25.2 Å². The molecule has 1 aliphatic heterocycles. The van der Waals surface area contributed by atoms with Crippen molar-refractivity contribution < 1.29 is 9.59 Å². The molecule has 1 fully saturated rings. The average Bonchev–Trinajstić information content (AvgIpc) is 2.28. The Balaban J connectivity index is 2.43. The van der Waals surface area contributed by atoms with Gasteiger partial charge in [0.2, 0.25) is 11.8 Å². The van der Waals surface area contributed by atoms with Gasteiger partial charge in [0.15, 0.2) is 0 Å². The molecular weight excluding hydrogens is 266 g/mol. The Morgan fingerprint density at radius 3 is 1.81 bits per heavy atom. The lowest BCUT2D eigenvalue weighted by molar-refractivity contribution is -0.150. The summed E-state index contributed by atoms with van der Waals surface area (Å²) in [6.07, 6.45) is 0.914. The van der Waals surface area contributed by atoms with E-state index in [2.05, 4.69) is 46.9 Å². The van der Waals surface area contributed by atoms with Crippen LogP contribution >= 0.6 is 0 Å². The van der Waals surface area contributed by atoms with E-state index in [0.29, 0.717) is 19.6 Å². The van der Waals surface area contributed by atoms with Crippen molar-refractivity contribution in [2.75, 3.05) is 32.7 Å².